The minimum absolute atomic E-state index is 0.0270. The van der Waals surface area contributed by atoms with Gasteiger partial charge in [0, 0.05) is 6.42 Å². The quantitative estimate of drug-likeness (QED) is 0.700. The van der Waals surface area contributed by atoms with Gasteiger partial charge in [-0.2, -0.15) is 0 Å². The smallest absolute Gasteiger partial charge is 0.225 e. The van der Waals surface area contributed by atoms with Gasteiger partial charge in [0.2, 0.25) is 6.29 Å². The summed E-state index contributed by atoms with van der Waals surface area (Å²) in [6, 6.07) is 0. The Kier molecular flexibility index (Phi) is 3.60. The summed E-state index contributed by atoms with van der Waals surface area (Å²) in [6.07, 6.45) is 4.79. The van der Waals surface area contributed by atoms with Crippen LogP contribution in [0.4, 0.5) is 0 Å². The van der Waals surface area contributed by atoms with Gasteiger partial charge < -0.3 is 24.4 Å². The van der Waals surface area contributed by atoms with Crippen LogP contribution in [-0.4, -0.2) is 41.1 Å². The van der Waals surface area contributed by atoms with Crippen molar-refractivity contribution < 1.29 is 24.4 Å². The van der Waals surface area contributed by atoms with E-state index in [9.17, 15) is 10.2 Å². The molecule has 0 saturated heterocycles. The summed E-state index contributed by atoms with van der Waals surface area (Å²) < 4.78 is 15.6. The SMILES string of the molecule is C[C@H]1C=C[CH][C@H](O[C@H]2C=COC(O)[C@@H]2O)O1. The number of aliphatic hydroxyl groups excluding tert-OH is 2. The fourth-order valence-electron chi connectivity index (χ4n) is 1.53. The Morgan fingerprint density at radius 2 is 2.06 bits per heavy atom. The summed E-state index contributed by atoms with van der Waals surface area (Å²) in [6.45, 7) is 1.89. The molecular formula is C11H15O5. The molecule has 1 unspecified atom stereocenters. The van der Waals surface area contributed by atoms with Crippen LogP contribution >= 0.6 is 0 Å². The van der Waals surface area contributed by atoms with Crippen LogP contribution in [0.2, 0.25) is 0 Å². The predicted octanol–water partition coefficient (Wildman–Crippen LogP) is 0.100. The highest BCUT2D eigenvalue weighted by Crippen LogP contribution is 2.19. The van der Waals surface area contributed by atoms with Gasteiger partial charge in [-0.15, -0.1) is 0 Å². The minimum atomic E-state index is -1.26. The molecule has 0 fully saturated rings. The summed E-state index contributed by atoms with van der Waals surface area (Å²) in [5, 5.41) is 18.9. The molecule has 2 rings (SSSR count). The van der Waals surface area contributed by atoms with Gasteiger partial charge in [0.05, 0.1) is 12.4 Å². The molecule has 5 nitrogen and oxygen atoms in total. The van der Waals surface area contributed by atoms with E-state index in [0.29, 0.717) is 0 Å². The molecule has 5 heteroatoms. The van der Waals surface area contributed by atoms with E-state index in [-0.39, 0.29) is 6.10 Å². The standard InChI is InChI=1S/C11H15O5/c1-7-3-2-4-9(15-7)16-8-5-6-14-11(13)10(8)12/h2-13H,1H3/t7-,8-,9-,10+,11?/m0/s1. The lowest BCUT2D eigenvalue weighted by Crippen LogP contribution is -2.44. The van der Waals surface area contributed by atoms with Crippen molar-refractivity contribution in [3.05, 3.63) is 30.9 Å². The molecule has 0 aliphatic carbocycles. The Balaban J connectivity index is 1.91. The van der Waals surface area contributed by atoms with Crippen molar-refractivity contribution in [2.45, 2.75) is 37.8 Å². The Bertz CT molecular complexity index is 288. The molecule has 0 spiro atoms. The fraction of sp³-hybridized carbons (Fsp3) is 0.545. The molecule has 2 aliphatic heterocycles. The van der Waals surface area contributed by atoms with Crippen LogP contribution in [0.15, 0.2) is 24.5 Å². The summed E-state index contributed by atoms with van der Waals surface area (Å²) in [5.74, 6) is 0. The van der Waals surface area contributed by atoms with Gasteiger partial charge in [-0.05, 0) is 13.0 Å². The Hall–Kier alpha value is -0.880. The maximum absolute atomic E-state index is 9.60. The first-order chi connectivity index (χ1) is 7.66. The molecule has 89 valence electrons. The van der Waals surface area contributed by atoms with Crippen molar-refractivity contribution in [1.82, 2.24) is 0 Å². The number of hydrogen-bond acceptors (Lipinski definition) is 5. The molecule has 16 heavy (non-hydrogen) atoms. The summed E-state index contributed by atoms with van der Waals surface area (Å²) in [7, 11) is 0. The first-order valence-electron chi connectivity index (χ1n) is 5.17. The normalized spacial score (nSPS) is 43.1. The van der Waals surface area contributed by atoms with E-state index in [1.807, 2.05) is 19.1 Å². The van der Waals surface area contributed by atoms with E-state index in [2.05, 4.69) is 0 Å². The van der Waals surface area contributed by atoms with E-state index < -0.39 is 24.8 Å². The largest absolute Gasteiger partial charge is 0.470 e. The van der Waals surface area contributed by atoms with Gasteiger partial charge in [0.25, 0.3) is 0 Å². The van der Waals surface area contributed by atoms with Gasteiger partial charge in [0.15, 0.2) is 6.29 Å². The fourth-order valence-corrected chi connectivity index (χ4v) is 1.53. The molecule has 2 aliphatic rings. The van der Waals surface area contributed by atoms with Gasteiger partial charge in [-0.3, -0.25) is 0 Å². The molecule has 0 amide bonds. The van der Waals surface area contributed by atoms with E-state index in [1.165, 1.54) is 12.3 Å². The van der Waals surface area contributed by atoms with Crippen molar-refractivity contribution >= 4 is 0 Å². The Morgan fingerprint density at radius 1 is 1.25 bits per heavy atom. The van der Waals surface area contributed by atoms with E-state index >= 15 is 0 Å². The summed E-state index contributed by atoms with van der Waals surface area (Å²) in [5.41, 5.74) is 0. The molecule has 0 bridgehead atoms. The number of ether oxygens (including phenoxy) is 3. The zero-order valence-electron chi connectivity index (χ0n) is 8.89. The number of hydrogen-bond donors (Lipinski definition) is 2. The highest BCUT2D eigenvalue weighted by molar-refractivity contribution is 5.05. The van der Waals surface area contributed by atoms with Crippen LogP contribution in [0.3, 0.4) is 0 Å². The molecule has 2 heterocycles. The van der Waals surface area contributed by atoms with Gasteiger partial charge in [-0.1, -0.05) is 12.2 Å². The molecule has 1 radical (unpaired) electrons. The van der Waals surface area contributed by atoms with Crippen LogP contribution < -0.4 is 0 Å². The maximum atomic E-state index is 9.60. The van der Waals surface area contributed by atoms with Crippen molar-refractivity contribution in [2.24, 2.45) is 0 Å². The van der Waals surface area contributed by atoms with Gasteiger partial charge >= 0.3 is 0 Å². The van der Waals surface area contributed by atoms with Crippen molar-refractivity contribution in [3.63, 3.8) is 0 Å². The first-order valence-corrected chi connectivity index (χ1v) is 5.17. The van der Waals surface area contributed by atoms with E-state index in [0.717, 1.165) is 0 Å². The highest BCUT2D eigenvalue weighted by Gasteiger charge is 2.32. The molecule has 0 aromatic rings. The van der Waals surface area contributed by atoms with Crippen molar-refractivity contribution in [2.75, 3.05) is 0 Å². The molecular weight excluding hydrogens is 212 g/mol. The maximum Gasteiger partial charge on any atom is 0.225 e. The second-order valence-corrected chi connectivity index (χ2v) is 3.73. The van der Waals surface area contributed by atoms with Crippen LogP contribution in [0.5, 0.6) is 0 Å². The van der Waals surface area contributed by atoms with E-state index in [1.54, 1.807) is 6.42 Å². The molecule has 0 aromatic carbocycles. The predicted molar refractivity (Wildman–Crippen MR) is 54.9 cm³/mol. The monoisotopic (exact) mass is 227 g/mol. The zero-order chi connectivity index (χ0) is 11.5. The van der Waals surface area contributed by atoms with Crippen LogP contribution in [0, 0.1) is 6.42 Å². The van der Waals surface area contributed by atoms with Crippen LogP contribution in [-0.2, 0) is 14.2 Å². The molecule has 5 atom stereocenters. The van der Waals surface area contributed by atoms with Crippen LogP contribution in [0.1, 0.15) is 6.92 Å². The average molecular weight is 227 g/mol. The second-order valence-electron chi connectivity index (χ2n) is 3.73. The topological polar surface area (TPSA) is 68.2 Å². The zero-order valence-corrected chi connectivity index (χ0v) is 8.89. The molecule has 2 N–H and O–H groups in total. The van der Waals surface area contributed by atoms with Gasteiger partial charge in [-0.25, -0.2) is 0 Å². The second kappa shape index (κ2) is 4.97. The first kappa shape index (κ1) is 11.6. The lowest BCUT2D eigenvalue weighted by atomic mass is 10.1. The summed E-state index contributed by atoms with van der Waals surface area (Å²) in [4.78, 5) is 0. The van der Waals surface area contributed by atoms with E-state index in [4.69, 9.17) is 14.2 Å². The molecule has 0 saturated carbocycles. The third-order valence-corrected chi connectivity index (χ3v) is 2.41. The van der Waals surface area contributed by atoms with Crippen molar-refractivity contribution in [3.8, 4) is 0 Å². The Morgan fingerprint density at radius 3 is 2.81 bits per heavy atom. The minimum Gasteiger partial charge on any atom is -0.470 e. The third kappa shape index (κ3) is 2.62. The average Bonchev–Trinajstić information content (AvgIpc) is 2.25. The lowest BCUT2D eigenvalue weighted by Gasteiger charge is -2.32. The Labute approximate surface area is 93.9 Å². The van der Waals surface area contributed by atoms with Gasteiger partial charge in [0.1, 0.15) is 12.2 Å². The number of aliphatic hydroxyl groups is 2. The number of rotatable bonds is 2. The third-order valence-electron chi connectivity index (χ3n) is 2.41. The molecule has 0 aromatic heterocycles. The highest BCUT2D eigenvalue weighted by atomic mass is 16.7. The van der Waals surface area contributed by atoms with Crippen LogP contribution in [0.25, 0.3) is 0 Å². The summed E-state index contributed by atoms with van der Waals surface area (Å²) >= 11 is 0. The lowest BCUT2D eigenvalue weighted by molar-refractivity contribution is -0.220. The van der Waals surface area contributed by atoms with Crippen molar-refractivity contribution in [1.29, 1.82) is 0 Å².